The summed E-state index contributed by atoms with van der Waals surface area (Å²) in [6.07, 6.45) is 3.43. The van der Waals surface area contributed by atoms with Gasteiger partial charge < -0.3 is 14.8 Å². The van der Waals surface area contributed by atoms with Crippen LogP contribution in [0.5, 0.6) is 0 Å². The predicted octanol–water partition coefficient (Wildman–Crippen LogP) is 2.47. The van der Waals surface area contributed by atoms with E-state index in [1.54, 1.807) is 24.3 Å². The zero-order valence-electron chi connectivity index (χ0n) is 12.0. The molecule has 0 aliphatic carbocycles. The highest BCUT2D eigenvalue weighted by atomic mass is 16.5. The van der Waals surface area contributed by atoms with Gasteiger partial charge in [0, 0.05) is 19.6 Å². The second-order valence-electron chi connectivity index (χ2n) is 5.02. The van der Waals surface area contributed by atoms with Crippen molar-refractivity contribution in [2.45, 2.75) is 31.8 Å². The second-order valence-corrected chi connectivity index (χ2v) is 5.02. The predicted molar refractivity (Wildman–Crippen MR) is 78.8 cm³/mol. The second kappa shape index (κ2) is 8.40. The van der Waals surface area contributed by atoms with Gasteiger partial charge >= 0.3 is 0 Å². The van der Waals surface area contributed by atoms with Gasteiger partial charge in [-0.05, 0) is 31.4 Å². The summed E-state index contributed by atoms with van der Waals surface area (Å²) >= 11 is 0. The number of ether oxygens (including phenoxy) is 2. The van der Waals surface area contributed by atoms with Crippen LogP contribution in [-0.4, -0.2) is 31.8 Å². The highest BCUT2D eigenvalue weighted by Gasteiger charge is 2.15. The molecule has 1 fully saturated rings. The average Bonchev–Trinajstić information content (AvgIpc) is 3.01. The summed E-state index contributed by atoms with van der Waals surface area (Å²) in [5.41, 5.74) is 1.03. The van der Waals surface area contributed by atoms with Gasteiger partial charge in [-0.1, -0.05) is 12.1 Å². The van der Waals surface area contributed by atoms with Crippen LogP contribution in [0.4, 0.5) is 5.69 Å². The fraction of sp³-hybridized carbons (Fsp3) is 0.500. The van der Waals surface area contributed by atoms with Gasteiger partial charge in [0.05, 0.1) is 24.0 Å². The van der Waals surface area contributed by atoms with Crippen LogP contribution >= 0.6 is 0 Å². The molecule has 1 aliphatic heterocycles. The number of hydrogen-bond acceptors (Lipinski definition) is 4. The monoisotopic (exact) mass is 288 g/mol. The number of nitriles is 1. The van der Waals surface area contributed by atoms with E-state index in [1.165, 1.54) is 0 Å². The Bertz CT molecular complexity index is 504. The molecule has 1 saturated heterocycles. The standard InChI is InChI=1S/C16H20N2O3/c17-11-13-5-1-2-7-15(13)18-16(19)8-4-9-20-12-14-6-3-10-21-14/h1-2,5,7,14H,3-4,6,8-10,12H2,(H,18,19). The number of carbonyl (C=O) groups is 1. The Morgan fingerprint density at radius 3 is 3.10 bits per heavy atom. The van der Waals surface area contributed by atoms with Crippen LogP contribution in [0.15, 0.2) is 24.3 Å². The minimum Gasteiger partial charge on any atom is -0.379 e. The van der Waals surface area contributed by atoms with Crippen molar-refractivity contribution in [1.29, 1.82) is 5.26 Å². The Morgan fingerprint density at radius 2 is 2.33 bits per heavy atom. The lowest BCUT2D eigenvalue weighted by molar-refractivity contribution is -0.116. The summed E-state index contributed by atoms with van der Waals surface area (Å²) in [4.78, 5) is 11.8. The third-order valence-corrected chi connectivity index (χ3v) is 3.34. The molecule has 5 heteroatoms. The first-order valence-electron chi connectivity index (χ1n) is 7.28. The lowest BCUT2D eigenvalue weighted by Crippen LogP contribution is -2.16. The summed E-state index contributed by atoms with van der Waals surface area (Å²) < 4.78 is 11.0. The van der Waals surface area contributed by atoms with E-state index in [4.69, 9.17) is 14.7 Å². The van der Waals surface area contributed by atoms with E-state index in [-0.39, 0.29) is 12.0 Å². The first kappa shape index (κ1) is 15.5. The van der Waals surface area contributed by atoms with Gasteiger partial charge in [0.2, 0.25) is 5.91 Å². The summed E-state index contributed by atoms with van der Waals surface area (Å²) in [5.74, 6) is -0.0987. The highest BCUT2D eigenvalue weighted by molar-refractivity contribution is 5.92. The minimum absolute atomic E-state index is 0.0987. The van der Waals surface area contributed by atoms with Crippen molar-refractivity contribution < 1.29 is 14.3 Å². The third kappa shape index (κ3) is 5.18. The summed E-state index contributed by atoms with van der Waals surface area (Å²) in [7, 11) is 0. The Kier molecular flexibility index (Phi) is 6.20. The molecule has 0 saturated carbocycles. The smallest absolute Gasteiger partial charge is 0.224 e. The van der Waals surface area contributed by atoms with Crippen molar-refractivity contribution in [2.75, 3.05) is 25.1 Å². The fourth-order valence-electron chi connectivity index (χ4n) is 2.23. The van der Waals surface area contributed by atoms with Crippen LogP contribution in [0.3, 0.4) is 0 Å². The molecule has 0 aromatic heterocycles. The van der Waals surface area contributed by atoms with Crippen molar-refractivity contribution in [2.24, 2.45) is 0 Å². The third-order valence-electron chi connectivity index (χ3n) is 3.34. The van der Waals surface area contributed by atoms with Crippen molar-refractivity contribution in [3.8, 4) is 6.07 Å². The van der Waals surface area contributed by atoms with Gasteiger partial charge in [0.25, 0.3) is 0 Å². The number of benzene rings is 1. The summed E-state index contributed by atoms with van der Waals surface area (Å²) in [6.45, 7) is 1.99. The molecule has 1 aromatic rings. The quantitative estimate of drug-likeness (QED) is 0.782. The minimum atomic E-state index is -0.0987. The molecule has 1 heterocycles. The molecule has 112 valence electrons. The molecule has 0 radical (unpaired) electrons. The van der Waals surface area contributed by atoms with Gasteiger partial charge in [0.1, 0.15) is 6.07 Å². The zero-order chi connectivity index (χ0) is 14.9. The number of para-hydroxylation sites is 1. The van der Waals surface area contributed by atoms with E-state index in [1.807, 2.05) is 0 Å². The number of hydrogen-bond donors (Lipinski definition) is 1. The lowest BCUT2D eigenvalue weighted by Gasteiger charge is -2.10. The maximum absolute atomic E-state index is 11.8. The van der Waals surface area contributed by atoms with Crippen LogP contribution in [0.2, 0.25) is 0 Å². The largest absolute Gasteiger partial charge is 0.379 e. The summed E-state index contributed by atoms with van der Waals surface area (Å²) in [5, 5.41) is 11.7. The van der Waals surface area contributed by atoms with E-state index in [2.05, 4.69) is 11.4 Å². The number of rotatable bonds is 7. The zero-order valence-corrected chi connectivity index (χ0v) is 12.0. The topological polar surface area (TPSA) is 71.4 Å². The van der Waals surface area contributed by atoms with Crippen molar-refractivity contribution in [1.82, 2.24) is 0 Å². The fourth-order valence-corrected chi connectivity index (χ4v) is 2.23. The number of carbonyl (C=O) groups excluding carboxylic acids is 1. The first-order chi connectivity index (χ1) is 10.3. The lowest BCUT2D eigenvalue weighted by atomic mass is 10.2. The first-order valence-corrected chi connectivity index (χ1v) is 7.28. The normalized spacial score (nSPS) is 17.4. The molecule has 0 spiro atoms. The molecular weight excluding hydrogens is 268 g/mol. The van der Waals surface area contributed by atoms with E-state index < -0.39 is 0 Å². The van der Waals surface area contributed by atoms with Crippen LogP contribution in [0.1, 0.15) is 31.2 Å². The van der Waals surface area contributed by atoms with Crippen LogP contribution in [-0.2, 0) is 14.3 Å². The van der Waals surface area contributed by atoms with Crippen molar-refractivity contribution in [3.63, 3.8) is 0 Å². The van der Waals surface area contributed by atoms with Crippen molar-refractivity contribution in [3.05, 3.63) is 29.8 Å². The van der Waals surface area contributed by atoms with Gasteiger partial charge in [-0.25, -0.2) is 0 Å². The molecule has 1 N–H and O–H groups in total. The van der Waals surface area contributed by atoms with E-state index >= 15 is 0 Å². The van der Waals surface area contributed by atoms with Crippen LogP contribution in [0, 0.1) is 11.3 Å². The molecule has 1 amide bonds. The number of anilines is 1. The molecule has 1 aromatic carbocycles. The van der Waals surface area contributed by atoms with Gasteiger partial charge in [0.15, 0.2) is 0 Å². The maximum Gasteiger partial charge on any atom is 0.224 e. The number of amides is 1. The average molecular weight is 288 g/mol. The van der Waals surface area contributed by atoms with Gasteiger partial charge in [-0.15, -0.1) is 0 Å². The maximum atomic E-state index is 11.8. The Hall–Kier alpha value is -1.90. The number of nitrogens with zero attached hydrogens (tertiary/aromatic N) is 1. The molecule has 1 aliphatic rings. The van der Waals surface area contributed by atoms with Crippen molar-refractivity contribution >= 4 is 11.6 Å². The summed E-state index contributed by atoms with van der Waals surface area (Å²) in [6, 6.07) is 9.03. The molecule has 2 rings (SSSR count). The van der Waals surface area contributed by atoms with Gasteiger partial charge in [-0.2, -0.15) is 5.26 Å². The Morgan fingerprint density at radius 1 is 1.48 bits per heavy atom. The van der Waals surface area contributed by atoms with E-state index in [9.17, 15) is 4.79 Å². The molecule has 1 unspecified atom stereocenters. The Balaban J connectivity index is 1.62. The molecule has 1 atom stereocenters. The van der Waals surface area contributed by atoms with E-state index in [0.29, 0.717) is 37.3 Å². The van der Waals surface area contributed by atoms with Gasteiger partial charge in [-0.3, -0.25) is 4.79 Å². The highest BCUT2D eigenvalue weighted by Crippen LogP contribution is 2.14. The van der Waals surface area contributed by atoms with Crippen LogP contribution < -0.4 is 5.32 Å². The molecule has 5 nitrogen and oxygen atoms in total. The Labute approximate surface area is 124 Å². The van der Waals surface area contributed by atoms with Crippen LogP contribution in [0.25, 0.3) is 0 Å². The SMILES string of the molecule is N#Cc1ccccc1NC(=O)CCCOCC1CCCO1. The molecular formula is C16H20N2O3. The molecule has 21 heavy (non-hydrogen) atoms. The van der Waals surface area contributed by atoms with E-state index in [0.717, 1.165) is 19.4 Å². The molecule has 0 bridgehead atoms. The number of nitrogens with one attached hydrogen (secondary N) is 1.